The molecule has 0 saturated carbocycles. The number of benzene rings is 1. The average Bonchev–Trinajstić information content (AvgIpc) is 2.17. The number of terminal acetylenes is 1. The lowest BCUT2D eigenvalue weighted by Crippen LogP contribution is -2.00. The van der Waals surface area contributed by atoms with Gasteiger partial charge in [-0.3, -0.25) is 0 Å². The van der Waals surface area contributed by atoms with Gasteiger partial charge in [0.2, 0.25) is 0 Å². The summed E-state index contributed by atoms with van der Waals surface area (Å²) in [5.41, 5.74) is 0.945. The minimum Gasteiger partial charge on any atom is -0.495 e. The molecule has 1 atom stereocenters. The van der Waals surface area contributed by atoms with Crippen molar-refractivity contribution in [2.75, 3.05) is 7.11 Å². The molecule has 0 fully saturated rings. The van der Waals surface area contributed by atoms with Crippen molar-refractivity contribution in [1.29, 1.82) is 0 Å². The molecule has 0 amide bonds. The number of methoxy groups -OCH3 is 1. The average molecular weight is 243 g/mol. The van der Waals surface area contributed by atoms with Gasteiger partial charge in [0.25, 0.3) is 0 Å². The molecule has 0 heterocycles. The van der Waals surface area contributed by atoms with Gasteiger partial charge in [-0.15, -0.1) is 12.3 Å². The summed E-state index contributed by atoms with van der Waals surface area (Å²) < 4.78 is 5.22. The third-order valence-electron chi connectivity index (χ3n) is 2.10. The molecular weight excluding hydrogens is 231 g/mol. The Labute approximate surface area is 100 Å². The Bertz CT molecular complexity index is 393. The van der Waals surface area contributed by atoms with Gasteiger partial charge in [0.15, 0.2) is 0 Å². The van der Waals surface area contributed by atoms with Crippen LogP contribution in [0.25, 0.3) is 0 Å². The molecule has 0 aliphatic heterocycles. The molecule has 1 rings (SSSR count). The molecule has 80 valence electrons. The highest BCUT2D eigenvalue weighted by molar-refractivity contribution is 6.35. The zero-order valence-electron chi connectivity index (χ0n) is 8.68. The van der Waals surface area contributed by atoms with Crippen LogP contribution < -0.4 is 4.74 Å². The van der Waals surface area contributed by atoms with Gasteiger partial charge in [0.05, 0.1) is 12.1 Å². The van der Waals surface area contributed by atoms with Crippen molar-refractivity contribution < 1.29 is 4.74 Å². The van der Waals surface area contributed by atoms with Gasteiger partial charge in [0, 0.05) is 10.9 Å². The van der Waals surface area contributed by atoms with Gasteiger partial charge in [-0.2, -0.15) is 0 Å². The smallest absolute Gasteiger partial charge is 0.140 e. The quantitative estimate of drug-likeness (QED) is 0.733. The van der Waals surface area contributed by atoms with E-state index in [1.54, 1.807) is 13.2 Å². The SMILES string of the molecule is C#CC(C)Cc1cc(Cl)cc(Cl)c1OC. The minimum atomic E-state index is 0.133. The summed E-state index contributed by atoms with van der Waals surface area (Å²) in [4.78, 5) is 0. The van der Waals surface area contributed by atoms with Crippen LogP contribution in [0.2, 0.25) is 10.0 Å². The van der Waals surface area contributed by atoms with Crippen LogP contribution in [-0.2, 0) is 6.42 Å². The fourth-order valence-corrected chi connectivity index (χ4v) is 2.00. The number of hydrogen-bond acceptors (Lipinski definition) is 1. The second-order valence-corrected chi connectivity index (χ2v) is 4.20. The molecule has 0 aromatic heterocycles. The maximum Gasteiger partial charge on any atom is 0.140 e. The lowest BCUT2D eigenvalue weighted by atomic mass is 10.0. The first-order chi connectivity index (χ1) is 7.08. The maximum atomic E-state index is 6.00. The van der Waals surface area contributed by atoms with Gasteiger partial charge >= 0.3 is 0 Å². The summed E-state index contributed by atoms with van der Waals surface area (Å²) in [6, 6.07) is 3.49. The third-order valence-corrected chi connectivity index (χ3v) is 2.60. The highest BCUT2D eigenvalue weighted by Gasteiger charge is 2.11. The molecule has 1 nitrogen and oxygen atoms in total. The van der Waals surface area contributed by atoms with Gasteiger partial charge < -0.3 is 4.74 Å². The van der Waals surface area contributed by atoms with E-state index in [2.05, 4.69) is 5.92 Å². The Morgan fingerprint density at radius 3 is 2.67 bits per heavy atom. The fraction of sp³-hybridized carbons (Fsp3) is 0.333. The molecule has 1 aromatic carbocycles. The Hall–Kier alpha value is -0.840. The van der Waals surface area contributed by atoms with E-state index in [0.717, 1.165) is 5.56 Å². The molecule has 15 heavy (non-hydrogen) atoms. The van der Waals surface area contributed by atoms with E-state index in [0.29, 0.717) is 22.2 Å². The third kappa shape index (κ3) is 3.06. The highest BCUT2D eigenvalue weighted by atomic mass is 35.5. The van der Waals surface area contributed by atoms with E-state index in [1.807, 2.05) is 13.0 Å². The normalized spacial score (nSPS) is 11.9. The summed E-state index contributed by atoms with van der Waals surface area (Å²) in [6.07, 6.45) is 6.04. The molecule has 0 saturated heterocycles. The molecule has 0 aliphatic carbocycles. The molecule has 0 N–H and O–H groups in total. The summed E-state index contributed by atoms with van der Waals surface area (Å²) in [5.74, 6) is 3.45. The Morgan fingerprint density at radius 1 is 1.47 bits per heavy atom. The second kappa shape index (κ2) is 5.30. The molecular formula is C12H12Cl2O. The first-order valence-corrected chi connectivity index (χ1v) is 5.32. The van der Waals surface area contributed by atoms with Gasteiger partial charge in [-0.05, 0) is 24.1 Å². The van der Waals surface area contributed by atoms with Crippen molar-refractivity contribution >= 4 is 23.2 Å². The zero-order valence-corrected chi connectivity index (χ0v) is 10.2. The van der Waals surface area contributed by atoms with E-state index >= 15 is 0 Å². The van der Waals surface area contributed by atoms with Crippen molar-refractivity contribution in [3.05, 3.63) is 27.7 Å². The summed E-state index contributed by atoms with van der Waals surface area (Å²) >= 11 is 11.9. The molecule has 0 aliphatic rings. The Kier molecular flexibility index (Phi) is 4.32. The Morgan fingerprint density at radius 2 is 2.13 bits per heavy atom. The lowest BCUT2D eigenvalue weighted by Gasteiger charge is -2.12. The van der Waals surface area contributed by atoms with E-state index < -0.39 is 0 Å². The van der Waals surface area contributed by atoms with Gasteiger partial charge in [0.1, 0.15) is 5.75 Å². The zero-order chi connectivity index (χ0) is 11.4. The summed E-state index contributed by atoms with van der Waals surface area (Å²) in [7, 11) is 1.58. The Balaban J connectivity index is 3.10. The first kappa shape index (κ1) is 12.2. The van der Waals surface area contributed by atoms with Gasteiger partial charge in [-0.1, -0.05) is 30.1 Å². The highest BCUT2D eigenvalue weighted by Crippen LogP contribution is 2.33. The van der Waals surface area contributed by atoms with Crippen LogP contribution in [0.15, 0.2) is 12.1 Å². The molecule has 0 bridgehead atoms. The predicted octanol–water partition coefficient (Wildman–Crippen LogP) is 3.81. The largest absolute Gasteiger partial charge is 0.495 e. The topological polar surface area (TPSA) is 9.23 Å². The van der Waals surface area contributed by atoms with Crippen LogP contribution in [-0.4, -0.2) is 7.11 Å². The molecule has 0 radical (unpaired) electrons. The number of rotatable bonds is 3. The van der Waals surface area contributed by atoms with Crippen LogP contribution in [0.4, 0.5) is 0 Å². The van der Waals surface area contributed by atoms with Crippen LogP contribution >= 0.6 is 23.2 Å². The second-order valence-electron chi connectivity index (χ2n) is 3.35. The predicted molar refractivity (Wildman–Crippen MR) is 64.7 cm³/mol. The first-order valence-electron chi connectivity index (χ1n) is 4.56. The molecule has 0 spiro atoms. The van der Waals surface area contributed by atoms with Crippen LogP contribution in [0.5, 0.6) is 5.75 Å². The minimum absolute atomic E-state index is 0.133. The molecule has 1 aromatic rings. The van der Waals surface area contributed by atoms with Crippen molar-refractivity contribution in [2.24, 2.45) is 5.92 Å². The summed E-state index contributed by atoms with van der Waals surface area (Å²) in [6.45, 7) is 1.97. The van der Waals surface area contributed by atoms with Crippen molar-refractivity contribution in [3.8, 4) is 18.1 Å². The van der Waals surface area contributed by atoms with Crippen molar-refractivity contribution in [1.82, 2.24) is 0 Å². The number of hydrogen-bond donors (Lipinski definition) is 0. The summed E-state index contributed by atoms with van der Waals surface area (Å²) in [5, 5.41) is 1.12. The van der Waals surface area contributed by atoms with E-state index in [1.165, 1.54) is 0 Å². The van der Waals surface area contributed by atoms with Crippen molar-refractivity contribution in [3.63, 3.8) is 0 Å². The molecule has 1 unspecified atom stereocenters. The van der Waals surface area contributed by atoms with Crippen LogP contribution in [0.3, 0.4) is 0 Å². The van der Waals surface area contributed by atoms with Gasteiger partial charge in [-0.25, -0.2) is 0 Å². The lowest BCUT2D eigenvalue weighted by molar-refractivity contribution is 0.408. The number of ether oxygens (including phenoxy) is 1. The number of halogens is 2. The molecule has 3 heteroatoms. The monoisotopic (exact) mass is 242 g/mol. The van der Waals surface area contributed by atoms with E-state index in [4.69, 9.17) is 34.4 Å². The standard InChI is InChI=1S/C12H12Cl2O/c1-4-8(2)5-9-6-10(13)7-11(14)12(9)15-3/h1,6-8H,5H2,2-3H3. The van der Waals surface area contributed by atoms with E-state index in [9.17, 15) is 0 Å². The van der Waals surface area contributed by atoms with E-state index in [-0.39, 0.29) is 5.92 Å². The maximum absolute atomic E-state index is 6.00. The van der Waals surface area contributed by atoms with Crippen LogP contribution in [0.1, 0.15) is 12.5 Å². The van der Waals surface area contributed by atoms with Crippen molar-refractivity contribution in [2.45, 2.75) is 13.3 Å². The fourth-order valence-electron chi connectivity index (χ4n) is 1.38. The van der Waals surface area contributed by atoms with Crippen LogP contribution in [0, 0.1) is 18.3 Å².